The molecule has 0 spiro atoms. The molecule has 0 aliphatic carbocycles. The quantitative estimate of drug-likeness (QED) is 0.426. The molecule has 3 aromatic rings. The van der Waals surface area contributed by atoms with Crippen molar-refractivity contribution in [2.24, 2.45) is 0 Å². The second-order valence-electron chi connectivity index (χ2n) is 5.13. The number of nitrogens with zero attached hydrogens (tertiary/aromatic N) is 2. The molecule has 2 N–H and O–H groups in total. The highest BCUT2D eigenvalue weighted by molar-refractivity contribution is 6.39. The van der Waals surface area contributed by atoms with Crippen LogP contribution in [-0.2, 0) is 0 Å². The number of carbonyl (C=O) groups is 1. The SMILES string of the molecule is Cc1onc(-c2c(Cl)cccc2Cl)c1C(=O)NNc1cc(Cl)ncc1Cl. The van der Waals surface area contributed by atoms with Gasteiger partial charge in [0.15, 0.2) is 0 Å². The standard InChI is InChI=1S/C16H10Cl4N4O2/c1-7-13(15(24-26-7)14-8(17)3-2-4-9(14)18)16(25)23-22-11-5-12(20)21-6-10(11)19/h2-6H,1H3,(H,21,22)(H,23,25). The van der Waals surface area contributed by atoms with Gasteiger partial charge in [-0.25, -0.2) is 4.98 Å². The Balaban J connectivity index is 1.91. The summed E-state index contributed by atoms with van der Waals surface area (Å²) in [4.78, 5) is 16.5. The van der Waals surface area contributed by atoms with Crippen LogP contribution in [0.4, 0.5) is 5.69 Å². The molecule has 0 saturated carbocycles. The van der Waals surface area contributed by atoms with Gasteiger partial charge in [0, 0.05) is 17.8 Å². The number of aryl methyl sites for hydroxylation is 1. The minimum Gasteiger partial charge on any atom is -0.360 e. The van der Waals surface area contributed by atoms with Crippen LogP contribution < -0.4 is 10.9 Å². The second-order valence-corrected chi connectivity index (χ2v) is 6.73. The Hall–Kier alpha value is -1.99. The van der Waals surface area contributed by atoms with Gasteiger partial charge >= 0.3 is 0 Å². The van der Waals surface area contributed by atoms with E-state index in [1.54, 1.807) is 25.1 Å². The topological polar surface area (TPSA) is 80.0 Å². The lowest BCUT2D eigenvalue weighted by molar-refractivity contribution is 0.0961. The van der Waals surface area contributed by atoms with Crippen molar-refractivity contribution < 1.29 is 9.32 Å². The fourth-order valence-electron chi connectivity index (χ4n) is 2.23. The zero-order chi connectivity index (χ0) is 18.8. The van der Waals surface area contributed by atoms with Gasteiger partial charge in [-0.05, 0) is 19.1 Å². The number of nitrogens with one attached hydrogen (secondary N) is 2. The van der Waals surface area contributed by atoms with E-state index in [1.807, 2.05) is 0 Å². The average Bonchev–Trinajstić information content (AvgIpc) is 2.96. The molecule has 0 atom stereocenters. The summed E-state index contributed by atoms with van der Waals surface area (Å²) in [5, 5.41) is 5.12. The summed E-state index contributed by atoms with van der Waals surface area (Å²) >= 11 is 24.2. The highest BCUT2D eigenvalue weighted by Crippen LogP contribution is 2.36. The fraction of sp³-hybridized carbons (Fsp3) is 0.0625. The number of carbonyl (C=O) groups excluding carboxylic acids is 1. The number of hydrogen-bond acceptors (Lipinski definition) is 5. The molecule has 134 valence electrons. The first-order valence-electron chi connectivity index (χ1n) is 7.16. The largest absolute Gasteiger partial charge is 0.360 e. The molecule has 26 heavy (non-hydrogen) atoms. The van der Waals surface area contributed by atoms with Crippen LogP contribution >= 0.6 is 46.4 Å². The maximum absolute atomic E-state index is 12.7. The maximum Gasteiger partial charge on any atom is 0.275 e. The van der Waals surface area contributed by atoms with E-state index in [2.05, 4.69) is 21.0 Å². The van der Waals surface area contributed by atoms with E-state index in [1.165, 1.54) is 12.3 Å². The summed E-state index contributed by atoms with van der Waals surface area (Å²) in [5.41, 5.74) is 6.40. The molecule has 0 unspecified atom stereocenters. The summed E-state index contributed by atoms with van der Waals surface area (Å²) < 4.78 is 5.16. The Labute approximate surface area is 168 Å². The zero-order valence-electron chi connectivity index (χ0n) is 13.1. The maximum atomic E-state index is 12.7. The Kier molecular flexibility index (Phi) is 5.58. The molecule has 2 aromatic heterocycles. The first-order valence-corrected chi connectivity index (χ1v) is 8.67. The van der Waals surface area contributed by atoms with Gasteiger partial charge in [0.05, 0.1) is 20.8 Å². The van der Waals surface area contributed by atoms with Crippen LogP contribution in [0.15, 0.2) is 35.0 Å². The highest BCUT2D eigenvalue weighted by Gasteiger charge is 2.25. The smallest absolute Gasteiger partial charge is 0.275 e. The van der Waals surface area contributed by atoms with Gasteiger partial charge < -0.3 is 4.52 Å². The van der Waals surface area contributed by atoms with Crippen LogP contribution in [0.3, 0.4) is 0 Å². The Morgan fingerprint density at radius 3 is 2.50 bits per heavy atom. The summed E-state index contributed by atoms with van der Waals surface area (Å²) in [7, 11) is 0. The number of hydrogen-bond donors (Lipinski definition) is 2. The third-order valence-electron chi connectivity index (χ3n) is 3.42. The molecular weight excluding hydrogens is 422 g/mol. The van der Waals surface area contributed by atoms with Crippen molar-refractivity contribution >= 4 is 58.0 Å². The Morgan fingerprint density at radius 1 is 1.12 bits per heavy atom. The van der Waals surface area contributed by atoms with Crippen molar-refractivity contribution in [1.29, 1.82) is 0 Å². The van der Waals surface area contributed by atoms with Crippen molar-refractivity contribution in [3.8, 4) is 11.3 Å². The lowest BCUT2D eigenvalue weighted by Gasteiger charge is -2.11. The minimum absolute atomic E-state index is 0.184. The normalized spacial score (nSPS) is 10.7. The molecular formula is C16H10Cl4N4O2. The predicted molar refractivity (Wildman–Crippen MR) is 102 cm³/mol. The summed E-state index contributed by atoms with van der Waals surface area (Å²) in [6.07, 6.45) is 1.36. The third kappa shape index (κ3) is 3.73. The van der Waals surface area contributed by atoms with E-state index in [0.29, 0.717) is 27.1 Å². The molecule has 0 radical (unpaired) electrons. The minimum atomic E-state index is -0.515. The van der Waals surface area contributed by atoms with E-state index < -0.39 is 5.91 Å². The second kappa shape index (κ2) is 7.72. The van der Waals surface area contributed by atoms with E-state index in [4.69, 9.17) is 50.9 Å². The van der Waals surface area contributed by atoms with E-state index >= 15 is 0 Å². The van der Waals surface area contributed by atoms with Crippen molar-refractivity contribution in [2.45, 2.75) is 6.92 Å². The van der Waals surface area contributed by atoms with Crippen LogP contribution in [0, 0.1) is 6.92 Å². The van der Waals surface area contributed by atoms with E-state index in [9.17, 15) is 4.79 Å². The number of rotatable bonds is 4. The number of hydrazine groups is 1. The van der Waals surface area contributed by atoms with Crippen LogP contribution in [0.2, 0.25) is 20.2 Å². The van der Waals surface area contributed by atoms with Crippen LogP contribution in [0.1, 0.15) is 16.1 Å². The highest BCUT2D eigenvalue weighted by atomic mass is 35.5. The molecule has 0 aliphatic rings. The fourth-order valence-corrected chi connectivity index (χ4v) is 3.11. The van der Waals surface area contributed by atoms with Gasteiger partial charge in [-0.1, -0.05) is 57.6 Å². The number of anilines is 1. The molecule has 0 saturated heterocycles. The summed E-state index contributed by atoms with van der Waals surface area (Å²) in [5.74, 6) is -0.215. The van der Waals surface area contributed by atoms with Crippen molar-refractivity contribution in [1.82, 2.24) is 15.6 Å². The zero-order valence-corrected chi connectivity index (χ0v) is 16.1. The Bertz CT molecular complexity index is 970. The Morgan fingerprint density at radius 2 is 1.81 bits per heavy atom. The molecule has 10 heteroatoms. The molecule has 6 nitrogen and oxygen atoms in total. The third-order valence-corrected chi connectivity index (χ3v) is 4.56. The molecule has 0 fully saturated rings. The first kappa shape index (κ1) is 18.8. The molecule has 3 rings (SSSR count). The van der Waals surface area contributed by atoms with Gasteiger partial charge in [0.2, 0.25) is 0 Å². The predicted octanol–water partition coefficient (Wildman–Crippen LogP) is 5.42. The van der Waals surface area contributed by atoms with Gasteiger partial charge in [-0.2, -0.15) is 0 Å². The monoisotopic (exact) mass is 430 g/mol. The van der Waals surface area contributed by atoms with Gasteiger partial charge in [0.1, 0.15) is 22.2 Å². The van der Waals surface area contributed by atoms with E-state index in [-0.39, 0.29) is 21.4 Å². The lowest BCUT2D eigenvalue weighted by Crippen LogP contribution is -2.30. The van der Waals surface area contributed by atoms with E-state index in [0.717, 1.165) is 0 Å². The molecule has 0 aliphatic heterocycles. The first-order chi connectivity index (χ1) is 12.4. The molecule has 1 amide bonds. The molecule has 2 heterocycles. The summed E-state index contributed by atoms with van der Waals surface area (Å²) in [6, 6.07) is 6.45. The van der Waals surface area contributed by atoms with Crippen LogP contribution in [-0.4, -0.2) is 16.0 Å². The van der Waals surface area contributed by atoms with Crippen molar-refractivity contribution in [2.75, 3.05) is 5.43 Å². The lowest BCUT2D eigenvalue weighted by atomic mass is 10.1. The van der Waals surface area contributed by atoms with Gasteiger partial charge in [0.25, 0.3) is 5.91 Å². The number of aromatic nitrogens is 2. The van der Waals surface area contributed by atoms with Crippen molar-refractivity contribution in [3.05, 3.63) is 62.0 Å². The van der Waals surface area contributed by atoms with Crippen LogP contribution in [0.25, 0.3) is 11.3 Å². The average molecular weight is 432 g/mol. The number of halogens is 4. The number of benzene rings is 1. The van der Waals surface area contributed by atoms with Gasteiger partial charge in [-0.15, -0.1) is 0 Å². The van der Waals surface area contributed by atoms with Crippen molar-refractivity contribution in [3.63, 3.8) is 0 Å². The number of amides is 1. The summed E-state index contributed by atoms with van der Waals surface area (Å²) in [6.45, 7) is 1.60. The van der Waals surface area contributed by atoms with Gasteiger partial charge in [-0.3, -0.25) is 15.6 Å². The molecule has 1 aromatic carbocycles. The molecule has 0 bridgehead atoms. The number of pyridine rings is 1. The van der Waals surface area contributed by atoms with Crippen LogP contribution in [0.5, 0.6) is 0 Å².